The predicted molar refractivity (Wildman–Crippen MR) is 144 cm³/mol. The molecule has 2 heterocycles. The maximum atomic E-state index is 5.58. The molecule has 6 heteroatoms. The number of nitrogens with zero attached hydrogens (tertiary/aromatic N) is 3. The summed E-state index contributed by atoms with van der Waals surface area (Å²) in [6.45, 7) is 11.8. The number of benzene rings is 2. The Morgan fingerprint density at radius 3 is 2.54 bits per heavy atom. The zero-order valence-electron chi connectivity index (χ0n) is 21.9. The molecule has 0 radical (unpaired) electrons. The van der Waals surface area contributed by atoms with Gasteiger partial charge in [-0.05, 0) is 60.7 Å². The summed E-state index contributed by atoms with van der Waals surface area (Å²) in [4.78, 5) is 7.01. The predicted octanol–water partition coefficient (Wildman–Crippen LogP) is 6.44. The van der Waals surface area contributed by atoms with E-state index >= 15 is 0 Å². The van der Waals surface area contributed by atoms with E-state index in [1.165, 1.54) is 29.5 Å². The Bertz CT molecular complexity index is 1200. The van der Waals surface area contributed by atoms with Gasteiger partial charge in [0, 0.05) is 11.6 Å². The normalized spacial score (nSPS) is 18.0. The van der Waals surface area contributed by atoms with Gasteiger partial charge in [-0.25, -0.2) is 0 Å². The summed E-state index contributed by atoms with van der Waals surface area (Å²) in [5.74, 6) is 5.70. The Morgan fingerprint density at radius 2 is 1.91 bits per heavy atom. The van der Waals surface area contributed by atoms with Crippen LogP contribution in [-0.2, 0) is 6.42 Å². The molecule has 2 aromatic carbocycles. The zero-order valence-corrected chi connectivity index (χ0v) is 22.9. The minimum atomic E-state index is -1.45. The van der Waals surface area contributed by atoms with Crippen molar-refractivity contribution in [3.8, 4) is 28.7 Å². The lowest BCUT2D eigenvalue weighted by Gasteiger charge is -2.43. The number of unbranched alkanes of at least 4 members (excludes halogenated alkanes) is 1. The van der Waals surface area contributed by atoms with E-state index in [2.05, 4.69) is 95.5 Å². The van der Waals surface area contributed by atoms with Crippen molar-refractivity contribution in [2.45, 2.75) is 71.3 Å². The molecule has 0 amide bonds. The number of aryl methyl sites for hydroxylation is 1. The smallest absolute Gasteiger partial charge is 0.257 e. The maximum absolute atomic E-state index is 5.58. The van der Waals surface area contributed by atoms with Gasteiger partial charge in [-0.3, -0.25) is 4.90 Å². The Morgan fingerprint density at radius 1 is 1.14 bits per heavy atom. The van der Waals surface area contributed by atoms with Crippen LogP contribution in [0.5, 0.6) is 5.75 Å². The van der Waals surface area contributed by atoms with Crippen LogP contribution in [0.3, 0.4) is 0 Å². The Labute approximate surface area is 210 Å². The van der Waals surface area contributed by atoms with Gasteiger partial charge in [0.1, 0.15) is 13.8 Å². The van der Waals surface area contributed by atoms with Crippen LogP contribution in [0.15, 0.2) is 47.0 Å². The monoisotopic (exact) mass is 487 g/mol. The minimum Gasteiger partial charge on any atom is -0.497 e. The van der Waals surface area contributed by atoms with Gasteiger partial charge in [0.25, 0.3) is 5.89 Å². The topological polar surface area (TPSA) is 51.4 Å². The molecule has 0 bridgehead atoms. The van der Waals surface area contributed by atoms with Gasteiger partial charge < -0.3 is 9.26 Å². The summed E-state index contributed by atoms with van der Waals surface area (Å²) < 4.78 is 11.0. The van der Waals surface area contributed by atoms with Crippen molar-refractivity contribution in [3.63, 3.8) is 0 Å². The lowest BCUT2D eigenvalue weighted by Crippen LogP contribution is -2.44. The molecule has 1 aromatic heterocycles. The van der Waals surface area contributed by atoms with E-state index in [1.807, 2.05) is 6.92 Å². The van der Waals surface area contributed by atoms with Gasteiger partial charge >= 0.3 is 0 Å². The first kappa shape index (κ1) is 25.2. The number of aromatic nitrogens is 2. The number of ether oxygens (including phenoxy) is 1. The number of methoxy groups -OCH3 is 1. The summed E-state index contributed by atoms with van der Waals surface area (Å²) in [6.07, 6.45) is 4.59. The van der Waals surface area contributed by atoms with Crippen molar-refractivity contribution in [2.24, 2.45) is 0 Å². The highest BCUT2D eigenvalue weighted by Crippen LogP contribution is 2.40. The van der Waals surface area contributed by atoms with Gasteiger partial charge in [0.15, 0.2) is 5.82 Å². The first-order valence-corrected chi connectivity index (χ1v) is 16.1. The molecule has 4 rings (SSSR count). The van der Waals surface area contributed by atoms with Gasteiger partial charge in [0.2, 0.25) is 0 Å². The van der Waals surface area contributed by atoms with Crippen molar-refractivity contribution in [1.82, 2.24) is 15.0 Å². The fraction of sp³-hybridized carbons (Fsp3) is 0.448. The molecule has 2 atom stereocenters. The molecule has 5 nitrogen and oxygen atoms in total. The standard InChI is InChI=1S/C29H37N3O2Si/c1-7-8-10-25-19-24-20-26(33-3)15-16-27(24)28(32(25)17-9-18-35(4,5)6)22-11-13-23(14-12-22)29-30-21(2)31-34-29/h11-16,20,25,28H,7-8,10,17,19H2,1-6H3/t25-,28-/m0/s1. The van der Waals surface area contributed by atoms with Crippen LogP contribution in [0.1, 0.15) is 54.7 Å². The van der Waals surface area contributed by atoms with Crippen LogP contribution in [0.25, 0.3) is 11.5 Å². The van der Waals surface area contributed by atoms with E-state index in [4.69, 9.17) is 9.26 Å². The number of hydrogen-bond acceptors (Lipinski definition) is 5. The van der Waals surface area contributed by atoms with Crippen molar-refractivity contribution in [3.05, 3.63) is 65.0 Å². The van der Waals surface area contributed by atoms with Crippen molar-refractivity contribution >= 4 is 8.07 Å². The minimum absolute atomic E-state index is 0.140. The molecule has 3 aromatic rings. The van der Waals surface area contributed by atoms with E-state index in [-0.39, 0.29) is 6.04 Å². The molecule has 0 fully saturated rings. The van der Waals surface area contributed by atoms with Crippen molar-refractivity contribution in [1.29, 1.82) is 0 Å². The molecule has 35 heavy (non-hydrogen) atoms. The first-order chi connectivity index (χ1) is 16.8. The highest BCUT2D eigenvalue weighted by molar-refractivity contribution is 6.83. The van der Waals surface area contributed by atoms with Crippen LogP contribution in [0, 0.1) is 18.4 Å². The van der Waals surface area contributed by atoms with Crippen LogP contribution in [-0.4, -0.2) is 42.8 Å². The molecule has 1 aliphatic rings. The van der Waals surface area contributed by atoms with Crippen molar-refractivity contribution in [2.75, 3.05) is 13.7 Å². The van der Waals surface area contributed by atoms with Crippen LogP contribution in [0.4, 0.5) is 0 Å². The summed E-state index contributed by atoms with van der Waals surface area (Å²) in [7, 11) is 0.298. The van der Waals surface area contributed by atoms with Gasteiger partial charge in [-0.1, -0.05) is 68.7 Å². The molecule has 0 unspecified atom stereocenters. The molecule has 0 saturated heterocycles. The molecule has 0 aliphatic carbocycles. The third-order valence-electron chi connectivity index (χ3n) is 6.52. The fourth-order valence-electron chi connectivity index (χ4n) is 4.83. The molecular weight excluding hydrogens is 450 g/mol. The molecule has 0 saturated carbocycles. The van der Waals surface area contributed by atoms with Crippen LogP contribution in [0.2, 0.25) is 19.6 Å². The first-order valence-electron chi connectivity index (χ1n) is 12.6. The lowest BCUT2D eigenvalue weighted by molar-refractivity contribution is 0.149. The van der Waals surface area contributed by atoms with Gasteiger partial charge in [-0.15, -0.1) is 5.54 Å². The second-order valence-electron chi connectivity index (χ2n) is 10.5. The second-order valence-corrected chi connectivity index (χ2v) is 15.2. The van der Waals surface area contributed by atoms with Crippen LogP contribution >= 0.6 is 0 Å². The largest absolute Gasteiger partial charge is 0.497 e. The molecular formula is C29H37N3O2Si. The zero-order chi connectivity index (χ0) is 25.0. The maximum Gasteiger partial charge on any atom is 0.257 e. The van der Waals surface area contributed by atoms with Crippen LogP contribution < -0.4 is 4.74 Å². The Balaban J connectivity index is 1.77. The fourth-order valence-corrected chi connectivity index (χ4v) is 5.44. The quantitative estimate of drug-likeness (QED) is 0.283. The third kappa shape index (κ3) is 6.03. The lowest BCUT2D eigenvalue weighted by atomic mass is 9.83. The number of hydrogen-bond donors (Lipinski definition) is 0. The van der Waals surface area contributed by atoms with E-state index in [1.54, 1.807) is 7.11 Å². The van der Waals surface area contributed by atoms with E-state index < -0.39 is 8.07 Å². The Hall–Kier alpha value is -2.88. The van der Waals surface area contributed by atoms with E-state index in [9.17, 15) is 0 Å². The SMILES string of the molecule is CCCC[C@H]1Cc2cc(OC)ccc2[C@H](c2ccc(-c3nc(C)no3)cc2)N1CC#C[Si](C)(C)C. The second kappa shape index (κ2) is 10.8. The summed E-state index contributed by atoms with van der Waals surface area (Å²) in [5.41, 5.74) is 8.51. The average Bonchev–Trinajstić information content (AvgIpc) is 3.27. The third-order valence-corrected chi connectivity index (χ3v) is 7.44. The van der Waals surface area contributed by atoms with E-state index in [0.717, 1.165) is 30.7 Å². The molecule has 0 N–H and O–H groups in total. The molecule has 184 valence electrons. The van der Waals surface area contributed by atoms with Crippen molar-refractivity contribution < 1.29 is 9.26 Å². The summed E-state index contributed by atoms with van der Waals surface area (Å²) >= 11 is 0. The summed E-state index contributed by atoms with van der Waals surface area (Å²) in [5, 5.41) is 3.94. The Kier molecular flexibility index (Phi) is 7.78. The summed E-state index contributed by atoms with van der Waals surface area (Å²) in [6, 6.07) is 15.7. The molecule has 1 aliphatic heterocycles. The van der Waals surface area contributed by atoms with Gasteiger partial charge in [-0.2, -0.15) is 4.98 Å². The van der Waals surface area contributed by atoms with Gasteiger partial charge in [0.05, 0.1) is 19.7 Å². The highest BCUT2D eigenvalue weighted by Gasteiger charge is 2.35. The average molecular weight is 488 g/mol. The van der Waals surface area contributed by atoms with E-state index in [0.29, 0.717) is 17.8 Å². The number of fused-ring (bicyclic) bond motifs is 1. The highest BCUT2D eigenvalue weighted by atomic mass is 28.3. The number of rotatable bonds is 7. The molecule has 0 spiro atoms.